The van der Waals surface area contributed by atoms with E-state index in [0.29, 0.717) is 57.1 Å². The Hall–Kier alpha value is -2.73. The first-order valence-electron chi connectivity index (χ1n) is 15.9. The van der Waals surface area contributed by atoms with Crippen molar-refractivity contribution in [2.75, 3.05) is 26.2 Å². The van der Waals surface area contributed by atoms with Gasteiger partial charge in [0.25, 0.3) is 0 Å². The topological polar surface area (TPSA) is 165 Å². The van der Waals surface area contributed by atoms with Crippen molar-refractivity contribution < 1.29 is 26.4 Å². The minimum atomic E-state index is -3.73. The van der Waals surface area contributed by atoms with Crippen LogP contribution in [0.5, 0.6) is 0 Å². The third-order valence-electron chi connectivity index (χ3n) is 8.16. The minimum absolute atomic E-state index is 0.0893. The van der Waals surface area contributed by atoms with Crippen LogP contribution < -0.4 is 11.1 Å². The monoisotopic (exact) mass is 838 g/mol. The number of hydrogen-bond donors (Lipinski definition) is 2. The van der Waals surface area contributed by atoms with Gasteiger partial charge in [0.2, 0.25) is 20.0 Å². The number of sulfonamides is 2. The Labute approximate surface area is 304 Å². The Bertz CT molecular complexity index is 2050. The number of rotatable bonds is 5. The van der Waals surface area contributed by atoms with Crippen LogP contribution >= 0.6 is 31.9 Å². The number of nitrogens with one attached hydrogen (secondary N) is 1. The van der Waals surface area contributed by atoms with Gasteiger partial charge in [-0.05, 0) is 90.4 Å². The zero-order valence-corrected chi connectivity index (χ0v) is 32.3. The highest BCUT2D eigenvalue weighted by Gasteiger charge is 2.33. The Kier molecular flexibility index (Phi) is 11.7. The average Bonchev–Trinajstić information content (AvgIpc) is 3.04. The molecule has 1 amide bonds. The third kappa shape index (κ3) is 8.78. The number of ether oxygens (including phenoxy) is 1. The predicted molar refractivity (Wildman–Crippen MR) is 196 cm³/mol. The van der Waals surface area contributed by atoms with E-state index in [-0.39, 0.29) is 23.5 Å². The average molecular weight is 841 g/mol. The quantitative estimate of drug-likeness (QED) is 0.254. The maximum absolute atomic E-state index is 13.4. The van der Waals surface area contributed by atoms with Gasteiger partial charge in [-0.2, -0.15) is 8.61 Å². The zero-order chi connectivity index (χ0) is 35.6. The summed E-state index contributed by atoms with van der Waals surface area (Å²) < 4.78 is 62.1. The Balaban J connectivity index is 0.000000199. The summed E-state index contributed by atoms with van der Waals surface area (Å²) in [6, 6.07) is 10.0. The lowest BCUT2D eigenvalue weighted by molar-refractivity contribution is 0.0487. The van der Waals surface area contributed by atoms with E-state index in [1.54, 1.807) is 69.8 Å². The summed E-state index contributed by atoms with van der Waals surface area (Å²) in [6.45, 7) is 6.89. The standard InChI is InChI=1S/C19H24BrN3O4S.C14H16BrN3O2S/c1-19(2,3)27-18(24)22-14-7-5-9-23(12-14)28(25,26)16-8-4-6-13-10-21-11-15(20)17(13)16;15-12-8-17-7-10-3-1-5-13(14(10)12)21(19,20)18-6-2-4-11(16)9-18/h4,6,8,10-11,14H,5,7,9,12H2,1-3H3,(H,22,24);1,3,5,7-8,11H,2,4,6,9,16H2/t14-;11-/m00/s1. The van der Waals surface area contributed by atoms with E-state index in [4.69, 9.17) is 10.5 Å². The van der Waals surface area contributed by atoms with Crippen LogP contribution in [-0.2, 0) is 24.8 Å². The van der Waals surface area contributed by atoms with Crippen LogP contribution in [-0.4, -0.2) is 85.4 Å². The maximum atomic E-state index is 13.4. The van der Waals surface area contributed by atoms with Crippen LogP contribution in [0.15, 0.2) is 79.9 Å². The fourth-order valence-electron chi connectivity index (χ4n) is 5.97. The van der Waals surface area contributed by atoms with Gasteiger partial charge in [-0.25, -0.2) is 21.6 Å². The van der Waals surface area contributed by atoms with Crippen LogP contribution in [0, 0.1) is 0 Å². The second kappa shape index (κ2) is 15.3. The largest absolute Gasteiger partial charge is 0.444 e. The number of piperidine rings is 2. The summed E-state index contributed by atoms with van der Waals surface area (Å²) >= 11 is 6.82. The van der Waals surface area contributed by atoms with E-state index in [1.807, 2.05) is 12.1 Å². The van der Waals surface area contributed by atoms with Gasteiger partial charge in [0.1, 0.15) is 5.60 Å². The molecule has 0 aliphatic carbocycles. The number of carbonyl (C=O) groups excluding carboxylic acids is 1. The van der Waals surface area contributed by atoms with Gasteiger partial charge < -0.3 is 15.8 Å². The smallest absolute Gasteiger partial charge is 0.407 e. The first kappa shape index (κ1) is 37.5. The summed E-state index contributed by atoms with van der Waals surface area (Å²) in [5.41, 5.74) is 5.31. The van der Waals surface area contributed by atoms with Gasteiger partial charge in [-0.15, -0.1) is 0 Å². The summed E-state index contributed by atoms with van der Waals surface area (Å²) in [6.07, 6.45) is 9.01. The first-order chi connectivity index (χ1) is 23.1. The molecule has 2 saturated heterocycles. The molecule has 3 N–H and O–H groups in total. The second-order valence-corrected chi connectivity index (χ2v) is 18.6. The number of halogens is 2. The molecule has 0 bridgehead atoms. The van der Waals surface area contributed by atoms with E-state index in [9.17, 15) is 21.6 Å². The van der Waals surface area contributed by atoms with E-state index >= 15 is 0 Å². The minimum Gasteiger partial charge on any atom is -0.444 e. The maximum Gasteiger partial charge on any atom is 0.407 e. The molecule has 6 rings (SSSR count). The molecule has 49 heavy (non-hydrogen) atoms. The highest BCUT2D eigenvalue weighted by Crippen LogP contribution is 2.33. The van der Waals surface area contributed by atoms with Crippen LogP contribution in [0.3, 0.4) is 0 Å². The van der Waals surface area contributed by atoms with Gasteiger partial charge in [-0.1, -0.05) is 24.3 Å². The van der Waals surface area contributed by atoms with Crippen molar-refractivity contribution in [3.05, 3.63) is 70.1 Å². The highest BCUT2D eigenvalue weighted by molar-refractivity contribution is 9.11. The number of carbonyl (C=O) groups is 1. The fourth-order valence-corrected chi connectivity index (χ4v) is 10.9. The summed E-state index contributed by atoms with van der Waals surface area (Å²) in [5, 5.41) is 5.62. The fraction of sp³-hybridized carbons (Fsp3) is 0.424. The number of amides is 1. The molecule has 0 saturated carbocycles. The number of alkyl carbamates (subject to hydrolysis) is 1. The molecule has 264 valence electrons. The van der Waals surface area contributed by atoms with Crippen molar-refractivity contribution in [3.63, 3.8) is 0 Å². The van der Waals surface area contributed by atoms with Gasteiger partial charge in [0.15, 0.2) is 0 Å². The molecule has 2 aliphatic heterocycles. The van der Waals surface area contributed by atoms with Gasteiger partial charge in [-0.3, -0.25) is 9.97 Å². The molecule has 0 spiro atoms. The summed E-state index contributed by atoms with van der Waals surface area (Å²) in [7, 11) is -7.28. The molecule has 2 aromatic carbocycles. The molecule has 2 aliphatic rings. The SMILES string of the molecule is CC(C)(C)OC(=O)N[C@H]1CCCN(S(=O)(=O)c2cccc3cncc(Br)c23)C1.N[C@H]1CCCN(S(=O)(=O)c2cccc3cncc(Br)c23)C1. The number of hydrogen-bond acceptors (Lipinski definition) is 9. The van der Waals surface area contributed by atoms with Crippen molar-refractivity contribution in [2.24, 2.45) is 5.73 Å². The van der Waals surface area contributed by atoms with Gasteiger partial charge in [0, 0.05) is 93.5 Å². The molecule has 2 aromatic heterocycles. The van der Waals surface area contributed by atoms with Crippen molar-refractivity contribution in [3.8, 4) is 0 Å². The van der Waals surface area contributed by atoms with Gasteiger partial charge in [0.05, 0.1) is 9.79 Å². The zero-order valence-electron chi connectivity index (χ0n) is 27.5. The molecular formula is C33H40Br2N6O6S2. The first-order valence-corrected chi connectivity index (χ1v) is 20.3. The number of fused-ring (bicyclic) bond motifs is 2. The van der Waals surface area contributed by atoms with Crippen molar-refractivity contribution in [1.29, 1.82) is 0 Å². The Morgan fingerprint density at radius 2 is 1.31 bits per heavy atom. The summed E-state index contributed by atoms with van der Waals surface area (Å²) in [5.74, 6) is 0. The van der Waals surface area contributed by atoms with E-state index in [0.717, 1.165) is 23.6 Å². The number of benzene rings is 2. The van der Waals surface area contributed by atoms with Crippen molar-refractivity contribution >= 4 is 79.5 Å². The molecule has 2 fully saturated rings. The van der Waals surface area contributed by atoms with Crippen molar-refractivity contribution in [2.45, 2.75) is 73.9 Å². The lowest BCUT2D eigenvalue weighted by Gasteiger charge is -2.33. The van der Waals surface area contributed by atoms with Crippen LogP contribution in [0.1, 0.15) is 46.5 Å². The van der Waals surface area contributed by atoms with Crippen LogP contribution in [0.2, 0.25) is 0 Å². The third-order valence-corrected chi connectivity index (χ3v) is 13.2. The number of nitrogens with two attached hydrogens (primary N) is 1. The molecule has 0 unspecified atom stereocenters. The van der Waals surface area contributed by atoms with Crippen LogP contribution in [0.25, 0.3) is 21.5 Å². The second-order valence-electron chi connectivity index (χ2n) is 13.1. The molecule has 16 heteroatoms. The molecule has 12 nitrogen and oxygen atoms in total. The number of nitrogens with zero attached hydrogens (tertiary/aromatic N) is 4. The van der Waals surface area contributed by atoms with E-state index in [1.165, 1.54) is 8.61 Å². The molecular weight excluding hydrogens is 800 g/mol. The van der Waals surface area contributed by atoms with Crippen LogP contribution in [0.4, 0.5) is 4.79 Å². The summed E-state index contributed by atoms with van der Waals surface area (Å²) in [4.78, 5) is 20.8. The molecule has 0 radical (unpaired) electrons. The molecule has 2 atom stereocenters. The van der Waals surface area contributed by atoms with Gasteiger partial charge >= 0.3 is 6.09 Å². The lowest BCUT2D eigenvalue weighted by Crippen LogP contribution is -2.50. The molecule has 4 heterocycles. The van der Waals surface area contributed by atoms with E-state index < -0.39 is 31.7 Å². The predicted octanol–water partition coefficient (Wildman–Crippen LogP) is 5.78. The number of aromatic nitrogens is 2. The Morgan fingerprint density at radius 1 is 0.816 bits per heavy atom. The van der Waals surface area contributed by atoms with E-state index in [2.05, 4.69) is 47.1 Å². The highest BCUT2D eigenvalue weighted by atomic mass is 79.9. The molecule has 4 aromatic rings. The number of pyridine rings is 2. The lowest BCUT2D eigenvalue weighted by atomic mass is 10.1. The van der Waals surface area contributed by atoms with Crippen molar-refractivity contribution in [1.82, 2.24) is 23.9 Å². The Morgan fingerprint density at radius 3 is 1.80 bits per heavy atom. The normalized spacial score (nSPS) is 19.6.